The zero-order valence-electron chi connectivity index (χ0n) is 16.5. The van der Waals surface area contributed by atoms with Gasteiger partial charge in [0.2, 0.25) is 0 Å². The maximum atomic E-state index is 12.7. The van der Waals surface area contributed by atoms with Crippen molar-refractivity contribution in [3.8, 4) is 6.07 Å². The van der Waals surface area contributed by atoms with Gasteiger partial charge in [-0.3, -0.25) is 0 Å². The van der Waals surface area contributed by atoms with Crippen LogP contribution in [0.15, 0.2) is 41.4 Å². The lowest BCUT2D eigenvalue weighted by molar-refractivity contribution is 0.0313. The minimum absolute atomic E-state index is 0.199. The number of nitrogens with one attached hydrogen (secondary N) is 2. The molecular formula is C21H20N4O3S. The fourth-order valence-electron chi connectivity index (χ4n) is 3.78. The minimum atomic E-state index is -3.55. The van der Waals surface area contributed by atoms with E-state index in [-0.39, 0.29) is 4.90 Å². The zero-order chi connectivity index (χ0) is 21.0. The molecule has 4 aromatic rings. The van der Waals surface area contributed by atoms with Crippen molar-refractivity contribution < 1.29 is 13.2 Å². The lowest BCUT2D eigenvalue weighted by Crippen LogP contribution is -2.30. The number of aromatic nitrogens is 3. The van der Waals surface area contributed by atoms with Crippen LogP contribution in [0.5, 0.6) is 0 Å². The molecule has 0 aliphatic heterocycles. The van der Waals surface area contributed by atoms with E-state index >= 15 is 0 Å². The number of nitriles is 1. The van der Waals surface area contributed by atoms with Crippen molar-refractivity contribution >= 4 is 31.8 Å². The molecule has 0 spiro atoms. The molecule has 2 aromatic heterocycles. The summed E-state index contributed by atoms with van der Waals surface area (Å²) in [5, 5.41) is 9.91. The highest BCUT2D eigenvalue weighted by atomic mass is 32.2. The first-order valence-corrected chi connectivity index (χ1v) is 10.8. The van der Waals surface area contributed by atoms with Gasteiger partial charge in [0.25, 0.3) is 0 Å². The lowest BCUT2D eigenvalue weighted by atomic mass is 9.90. The second-order valence-corrected chi connectivity index (χ2v) is 9.26. The number of rotatable bonds is 4. The number of sulfone groups is 1. The molecular weight excluding hydrogens is 388 g/mol. The van der Waals surface area contributed by atoms with Crippen molar-refractivity contribution in [3.63, 3.8) is 0 Å². The van der Waals surface area contributed by atoms with E-state index in [9.17, 15) is 8.42 Å². The highest BCUT2D eigenvalue weighted by Crippen LogP contribution is 2.41. The van der Waals surface area contributed by atoms with E-state index in [1.165, 1.54) is 13.4 Å². The molecule has 148 valence electrons. The van der Waals surface area contributed by atoms with E-state index in [2.05, 4.69) is 21.0 Å². The molecule has 0 saturated carbocycles. The van der Waals surface area contributed by atoms with Crippen molar-refractivity contribution in [2.24, 2.45) is 0 Å². The molecule has 7 nitrogen and oxygen atoms in total. The zero-order valence-corrected chi connectivity index (χ0v) is 17.3. The highest BCUT2D eigenvalue weighted by Gasteiger charge is 2.38. The molecule has 2 heterocycles. The molecule has 29 heavy (non-hydrogen) atoms. The maximum Gasteiger partial charge on any atom is 0.175 e. The third kappa shape index (κ3) is 2.90. The number of benzene rings is 2. The lowest BCUT2D eigenvalue weighted by Gasteiger charge is -2.29. The number of H-pyrrole nitrogens is 2. The van der Waals surface area contributed by atoms with Gasteiger partial charge in [0.1, 0.15) is 11.4 Å². The SMILES string of the molecule is COC(C)(c1nc2ccc(C#N)cc2[nH]1)c1c(S(C)(=O)=O)cc(C)c2[nH]ccc12. The van der Waals surface area contributed by atoms with E-state index < -0.39 is 15.4 Å². The number of methoxy groups -OCH3 is 1. The van der Waals surface area contributed by atoms with Crippen LogP contribution in [-0.4, -0.2) is 36.7 Å². The molecule has 0 radical (unpaired) electrons. The van der Waals surface area contributed by atoms with Gasteiger partial charge in [0.15, 0.2) is 9.84 Å². The van der Waals surface area contributed by atoms with Gasteiger partial charge in [0, 0.05) is 36.0 Å². The van der Waals surface area contributed by atoms with Gasteiger partial charge in [-0.25, -0.2) is 13.4 Å². The van der Waals surface area contributed by atoms with Crippen LogP contribution in [0.1, 0.15) is 29.4 Å². The fraction of sp³-hybridized carbons (Fsp3) is 0.238. The first-order valence-electron chi connectivity index (χ1n) is 8.95. The second-order valence-electron chi connectivity index (χ2n) is 7.27. The Morgan fingerprint density at radius 1 is 1.24 bits per heavy atom. The van der Waals surface area contributed by atoms with Gasteiger partial charge in [-0.05, 0) is 49.7 Å². The monoisotopic (exact) mass is 408 g/mol. The number of ether oxygens (including phenoxy) is 1. The number of aromatic amines is 2. The van der Waals surface area contributed by atoms with Gasteiger partial charge in [-0.15, -0.1) is 0 Å². The van der Waals surface area contributed by atoms with E-state index in [4.69, 9.17) is 10.00 Å². The first-order chi connectivity index (χ1) is 13.7. The van der Waals surface area contributed by atoms with Gasteiger partial charge < -0.3 is 14.7 Å². The van der Waals surface area contributed by atoms with E-state index in [0.717, 1.165) is 16.5 Å². The number of fused-ring (bicyclic) bond motifs is 2. The normalized spacial score (nSPS) is 14.2. The fourth-order valence-corrected chi connectivity index (χ4v) is 4.85. The predicted octanol–water partition coefficient (Wildman–Crippen LogP) is 3.54. The molecule has 1 atom stereocenters. The average Bonchev–Trinajstić information content (AvgIpc) is 3.33. The summed E-state index contributed by atoms with van der Waals surface area (Å²) in [5.74, 6) is 0.460. The van der Waals surface area contributed by atoms with Crippen LogP contribution in [0.3, 0.4) is 0 Å². The summed E-state index contributed by atoms with van der Waals surface area (Å²) in [6.45, 7) is 3.66. The van der Waals surface area contributed by atoms with Crippen molar-refractivity contribution in [2.75, 3.05) is 13.4 Å². The summed E-state index contributed by atoms with van der Waals surface area (Å²) in [4.78, 5) is 11.2. The van der Waals surface area contributed by atoms with Crippen molar-refractivity contribution in [3.05, 3.63) is 59.0 Å². The molecule has 0 saturated heterocycles. The van der Waals surface area contributed by atoms with Crippen molar-refractivity contribution in [1.82, 2.24) is 15.0 Å². The Morgan fingerprint density at radius 3 is 2.66 bits per heavy atom. The number of imidazole rings is 1. The summed E-state index contributed by atoms with van der Waals surface area (Å²) in [7, 11) is -2.02. The van der Waals surface area contributed by atoms with Crippen LogP contribution in [0.4, 0.5) is 0 Å². The summed E-state index contributed by atoms with van der Waals surface area (Å²) < 4.78 is 31.3. The van der Waals surface area contributed by atoms with Gasteiger partial charge in [-0.2, -0.15) is 5.26 Å². The Balaban J connectivity index is 2.08. The average molecular weight is 408 g/mol. The van der Waals surface area contributed by atoms with Gasteiger partial charge in [-0.1, -0.05) is 0 Å². The van der Waals surface area contributed by atoms with Crippen molar-refractivity contribution in [1.29, 1.82) is 5.26 Å². The Kier molecular flexibility index (Phi) is 4.26. The van der Waals surface area contributed by atoms with Crippen LogP contribution >= 0.6 is 0 Å². The molecule has 0 amide bonds. The summed E-state index contributed by atoms with van der Waals surface area (Å²) in [5.41, 5.74) is 2.88. The Morgan fingerprint density at radius 2 is 2.00 bits per heavy atom. The molecule has 0 aliphatic rings. The van der Waals surface area contributed by atoms with Crippen LogP contribution in [0.2, 0.25) is 0 Å². The quantitative estimate of drug-likeness (QED) is 0.536. The molecule has 0 fully saturated rings. The number of hydrogen-bond donors (Lipinski definition) is 2. The molecule has 1 unspecified atom stereocenters. The van der Waals surface area contributed by atoms with Crippen molar-refractivity contribution in [2.45, 2.75) is 24.3 Å². The predicted molar refractivity (Wildman–Crippen MR) is 110 cm³/mol. The topological polar surface area (TPSA) is 112 Å². The largest absolute Gasteiger partial charge is 0.366 e. The van der Waals surface area contributed by atoms with Gasteiger partial charge >= 0.3 is 0 Å². The first kappa shape index (κ1) is 19.2. The van der Waals surface area contributed by atoms with E-state index in [1.54, 1.807) is 37.4 Å². The summed E-state index contributed by atoms with van der Waals surface area (Å²) >= 11 is 0. The number of hydrogen-bond acceptors (Lipinski definition) is 5. The molecule has 0 aliphatic carbocycles. The highest BCUT2D eigenvalue weighted by molar-refractivity contribution is 7.90. The Labute approximate surface area is 168 Å². The summed E-state index contributed by atoms with van der Waals surface area (Å²) in [6.07, 6.45) is 2.97. The van der Waals surface area contributed by atoms with Crippen LogP contribution in [0.25, 0.3) is 21.9 Å². The maximum absolute atomic E-state index is 12.7. The van der Waals surface area contributed by atoms with Crippen LogP contribution in [0, 0.1) is 18.3 Å². The molecule has 0 bridgehead atoms. The standard InChI is InChI=1S/C21H20N4O3S/c1-12-9-17(29(4,26)27)18(14-7-8-23-19(12)14)21(2,28-3)20-24-15-6-5-13(11-22)10-16(15)25-20/h5-10,23H,1-4H3,(H,24,25). The molecule has 8 heteroatoms. The van der Waals surface area contributed by atoms with Gasteiger partial charge in [0.05, 0.1) is 27.6 Å². The Hall–Kier alpha value is -3.15. The molecule has 2 aromatic carbocycles. The second kappa shape index (κ2) is 6.44. The van der Waals surface area contributed by atoms with Crippen LogP contribution < -0.4 is 0 Å². The Bertz CT molecular complexity index is 1410. The number of nitrogens with zero attached hydrogens (tertiary/aromatic N) is 2. The van der Waals surface area contributed by atoms with E-state index in [1.807, 2.05) is 13.0 Å². The molecule has 2 N–H and O–H groups in total. The minimum Gasteiger partial charge on any atom is -0.366 e. The summed E-state index contributed by atoms with van der Waals surface area (Å²) in [6, 6.07) is 10.8. The van der Waals surface area contributed by atoms with Crippen LogP contribution in [-0.2, 0) is 20.2 Å². The molecule has 4 rings (SSSR count). The smallest absolute Gasteiger partial charge is 0.175 e. The van der Waals surface area contributed by atoms with E-state index in [0.29, 0.717) is 28.0 Å². The third-order valence-electron chi connectivity index (χ3n) is 5.35. The third-order valence-corrected chi connectivity index (χ3v) is 6.47. The number of aryl methyl sites for hydroxylation is 1.